The summed E-state index contributed by atoms with van der Waals surface area (Å²) >= 11 is 0. The fourth-order valence-electron chi connectivity index (χ4n) is 3.48. The Morgan fingerprint density at radius 3 is 2.81 bits per heavy atom. The predicted molar refractivity (Wildman–Crippen MR) is 81.0 cm³/mol. The van der Waals surface area contributed by atoms with Crippen molar-refractivity contribution < 1.29 is 15.6 Å². The van der Waals surface area contributed by atoms with Crippen LogP contribution < -0.4 is 9.47 Å². The van der Waals surface area contributed by atoms with E-state index in [1.165, 1.54) is 0 Å². The van der Waals surface area contributed by atoms with Crippen molar-refractivity contribution in [3.05, 3.63) is 35.9 Å². The molecule has 1 aliphatic heterocycles. The molecular weight excluding hydrogens is 266 g/mol. The summed E-state index contributed by atoms with van der Waals surface area (Å²) in [5.74, 6) is 1.24. The monoisotopic (exact) mass is 288 g/mol. The summed E-state index contributed by atoms with van der Waals surface area (Å²) in [5, 5.41) is 0. The molecule has 1 aromatic carbocycles. The zero-order valence-corrected chi connectivity index (χ0v) is 12.6. The third-order valence-corrected chi connectivity index (χ3v) is 4.67. The normalized spacial score (nSPS) is 32.7. The molecule has 0 radical (unpaired) electrons. The number of likely N-dealkylation sites (tertiary alicyclic amines) is 1. The molecule has 0 bridgehead atoms. The molecule has 2 aliphatic rings. The highest BCUT2D eigenvalue weighted by Crippen LogP contribution is 2.46. The Labute approximate surface area is 126 Å². The lowest BCUT2D eigenvalue weighted by Gasteiger charge is -2.37. The van der Waals surface area contributed by atoms with Gasteiger partial charge in [0.25, 0.3) is 0 Å². The van der Waals surface area contributed by atoms with Crippen molar-refractivity contribution in [1.82, 2.24) is 4.90 Å². The van der Waals surface area contributed by atoms with Crippen LogP contribution in [0.3, 0.4) is 0 Å². The van der Waals surface area contributed by atoms with Crippen molar-refractivity contribution in [2.75, 3.05) is 27.8 Å². The van der Waals surface area contributed by atoms with E-state index < -0.39 is 6.40 Å². The molecule has 1 saturated heterocycles. The first-order valence-electron chi connectivity index (χ1n) is 7.69. The molecule has 1 aliphatic carbocycles. The minimum absolute atomic E-state index is 0.116. The largest absolute Gasteiger partial charge is 0.493 e. The van der Waals surface area contributed by atoms with Gasteiger partial charge in [-0.1, -0.05) is 12.1 Å². The van der Waals surface area contributed by atoms with Crippen molar-refractivity contribution >= 4 is 5.78 Å². The van der Waals surface area contributed by atoms with Crippen LogP contribution in [0.5, 0.6) is 11.5 Å². The van der Waals surface area contributed by atoms with Crippen LogP contribution in [-0.4, -0.2) is 44.5 Å². The topological polar surface area (TPSA) is 38.8 Å². The van der Waals surface area contributed by atoms with Gasteiger partial charge in [-0.3, -0.25) is 4.79 Å². The Balaban J connectivity index is 2.12. The molecule has 0 amide bonds. The highest BCUT2D eigenvalue weighted by Gasteiger charge is 2.48. The quantitative estimate of drug-likeness (QED) is 0.854. The van der Waals surface area contributed by atoms with Crippen molar-refractivity contribution in [1.29, 1.82) is 0 Å². The van der Waals surface area contributed by atoms with Crippen LogP contribution in [0.25, 0.3) is 0 Å². The molecule has 0 spiro atoms. The fraction of sp³-hybridized carbons (Fsp3) is 0.471. The minimum Gasteiger partial charge on any atom is -0.493 e. The Hall–Kier alpha value is -1.81. The lowest BCUT2D eigenvalue weighted by atomic mass is 9.69. The average molecular weight is 288 g/mol. The first kappa shape index (κ1) is 12.9. The SMILES string of the molecule is [2H]C1C(=O)C=C[C@@]2(c3ccc(OC)c(OC)c3)CCN(C)[C@@H]12. The van der Waals surface area contributed by atoms with Crippen LogP contribution in [0.4, 0.5) is 0 Å². The van der Waals surface area contributed by atoms with Crippen LogP contribution in [0.1, 0.15) is 19.8 Å². The molecule has 1 heterocycles. The van der Waals surface area contributed by atoms with E-state index in [4.69, 9.17) is 10.8 Å². The number of carbonyl (C=O) groups is 1. The van der Waals surface area contributed by atoms with Crippen LogP contribution in [0.2, 0.25) is 0 Å². The second-order valence-corrected chi connectivity index (χ2v) is 5.69. The molecular formula is C17H21NO3. The number of rotatable bonds is 3. The maximum Gasteiger partial charge on any atom is 0.161 e. The molecule has 21 heavy (non-hydrogen) atoms. The molecule has 4 heteroatoms. The number of carbonyl (C=O) groups excluding carboxylic acids is 1. The summed E-state index contributed by atoms with van der Waals surface area (Å²) in [4.78, 5) is 14.1. The standard InChI is InChI=1S/C17H21NO3/c1-18-9-8-17(7-6-13(19)11-16(17)18)12-4-5-14(20-2)15(10-12)21-3/h4-7,10,16H,8-9,11H2,1-3H3/t16-,17-/m0/s1/i11D/t11?,16-,17-. The van der Waals surface area contributed by atoms with Crippen molar-refractivity contribution in [3.63, 3.8) is 0 Å². The van der Waals surface area contributed by atoms with Crippen LogP contribution in [0, 0.1) is 0 Å². The maximum absolute atomic E-state index is 11.9. The number of nitrogens with zero attached hydrogens (tertiary/aromatic N) is 1. The Morgan fingerprint density at radius 2 is 2.10 bits per heavy atom. The van der Waals surface area contributed by atoms with Gasteiger partial charge in [0.2, 0.25) is 0 Å². The highest BCUT2D eigenvalue weighted by molar-refractivity contribution is 5.92. The van der Waals surface area contributed by atoms with Gasteiger partial charge in [-0.2, -0.15) is 0 Å². The summed E-state index contributed by atoms with van der Waals surface area (Å²) in [7, 11) is 5.22. The molecule has 3 atom stereocenters. The number of hydrogen-bond acceptors (Lipinski definition) is 4. The van der Waals surface area contributed by atoms with Gasteiger partial charge in [0, 0.05) is 19.2 Å². The maximum atomic E-state index is 11.9. The highest BCUT2D eigenvalue weighted by atomic mass is 16.5. The molecule has 0 aromatic heterocycles. The van der Waals surface area contributed by atoms with Crippen molar-refractivity contribution in [2.24, 2.45) is 0 Å². The number of ether oxygens (including phenoxy) is 2. The molecule has 4 nitrogen and oxygen atoms in total. The van der Waals surface area contributed by atoms with E-state index in [9.17, 15) is 4.79 Å². The number of benzene rings is 1. The van der Waals surface area contributed by atoms with Gasteiger partial charge in [0.15, 0.2) is 17.3 Å². The number of ketones is 1. The molecule has 1 unspecified atom stereocenters. The summed E-state index contributed by atoms with van der Waals surface area (Å²) < 4.78 is 19.0. The molecule has 0 saturated carbocycles. The molecule has 0 N–H and O–H groups in total. The lowest BCUT2D eigenvalue weighted by molar-refractivity contribution is -0.116. The average Bonchev–Trinajstić information content (AvgIpc) is 2.89. The van der Waals surface area contributed by atoms with E-state index in [0.717, 1.165) is 18.5 Å². The van der Waals surface area contributed by atoms with E-state index in [-0.39, 0.29) is 17.2 Å². The second kappa shape index (κ2) is 5.19. The van der Waals surface area contributed by atoms with Crippen molar-refractivity contribution in [2.45, 2.75) is 24.3 Å². The van der Waals surface area contributed by atoms with Gasteiger partial charge in [0.05, 0.1) is 14.2 Å². The molecule has 3 rings (SSSR count). The number of methoxy groups -OCH3 is 2. The van der Waals surface area contributed by atoms with Crippen LogP contribution >= 0.6 is 0 Å². The minimum atomic E-state index is -0.745. The molecule has 112 valence electrons. The number of likely N-dealkylation sites (N-methyl/N-ethyl adjacent to an activating group) is 1. The summed E-state index contributed by atoms with van der Waals surface area (Å²) in [6, 6.07) is 5.74. The first-order chi connectivity index (χ1) is 10.5. The third kappa shape index (κ3) is 2.14. The summed E-state index contributed by atoms with van der Waals surface area (Å²) in [6.45, 7) is 0.867. The Morgan fingerprint density at radius 1 is 1.33 bits per heavy atom. The van der Waals surface area contributed by atoms with Gasteiger partial charge < -0.3 is 14.4 Å². The van der Waals surface area contributed by atoms with E-state index >= 15 is 0 Å². The first-order valence-corrected chi connectivity index (χ1v) is 7.11. The number of allylic oxidation sites excluding steroid dienone is 1. The predicted octanol–water partition coefficient (Wildman–Crippen LogP) is 2.17. The van der Waals surface area contributed by atoms with E-state index in [2.05, 4.69) is 4.90 Å². The molecule has 1 fully saturated rings. The van der Waals surface area contributed by atoms with Gasteiger partial charge >= 0.3 is 0 Å². The Kier molecular flexibility index (Phi) is 3.19. The van der Waals surface area contributed by atoms with Crippen molar-refractivity contribution in [3.8, 4) is 11.5 Å². The summed E-state index contributed by atoms with van der Waals surface area (Å²) in [6.07, 6.45) is 3.70. The lowest BCUT2D eigenvalue weighted by Crippen LogP contribution is -2.43. The Bertz CT molecular complexity index is 630. The van der Waals surface area contributed by atoms with Gasteiger partial charge in [-0.15, -0.1) is 0 Å². The number of hydrogen-bond donors (Lipinski definition) is 0. The summed E-state index contributed by atoms with van der Waals surface area (Å²) in [5.41, 5.74) is 0.759. The molecule has 1 aromatic rings. The zero-order chi connectivity index (χ0) is 15.9. The fourth-order valence-corrected chi connectivity index (χ4v) is 3.48. The third-order valence-electron chi connectivity index (χ3n) is 4.67. The smallest absolute Gasteiger partial charge is 0.161 e. The van der Waals surface area contributed by atoms with Gasteiger partial charge in [-0.05, 0) is 43.8 Å². The van der Waals surface area contributed by atoms with E-state index in [1.54, 1.807) is 20.3 Å². The van der Waals surface area contributed by atoms with E-state index in [1.807, 2.05) is 31.3 Å². The van der Waals surface area contributed by atoms with Gasteiger partial charge in [0.1, 0.15) is 0 Å². The zero-order valence-electron chi connectivity index (χ0n) is 13.6. The number of fused-ring (bicyclic) bond motifs is 1. The van der Waals surface area contributed by atoms with Crippen LogP contribution in [0.15, 0.2) is 30.4 Å². The van der Waals surface area contributed by atoms with Gasteiger partial charge in [-0.25, -0.2) is 0 Å². The second-order valence-electron chi connectivity index (χ2n) is 5.69. The van der Waals surface area contributed by atoms with Crippen LogP contribution in [-0.2, 0) is 10.2 Å². The van der Waals surface area contributed by atoms with E-state index in [0.29, 0.717) is 11.5 Å².